The Balaban J connectivity index is 2.79. The molecule has 1 fully saturated rings. The van der Waals surface area contributed by atoms with Crippen LogP contribution in [0.15, 0.2) is 11.1 Å². The van der Waals surface area contributed by atoms with Gasteiger partial charge in [-0.2, -0.15) is 0 Å². The zero-order chi connectivity index (χ0) is 14.6. The molecule has 1 atom stereocenters. The Kier molecular flexibility index (Phi) is 5.58. The van der Waals surface area contributed by atoms with Crippen molar-refractivity contribution in [2.24, 2.45) is 5.92 Å². The standard InChI is InChI=1S/C15H25NO3/c1-10(2)14(11(3)4)15(18)19-13-8-6-7-9-16(13)12(5)17/h10,13H,6-9H2,1-5H3. The molecule has 1 rings (SSSR count). The molecule has 0 radical (unpaired) electrons. The van der Waals surface area contributed by atoms with Gasteiger partial charge in [-0.05, 0) is 32.6 Å². The van der Waals surface area contributed by atoms with E-state index in [0.29, 0.717) is 12.1 Å². The third-order valence-corrected chi connectivity index (χ3v) is 3.43. The molecule has 4 nitrogen and oxygen atoms in total. The molecule has 19 heavy (non-hydrogen) atoms. The van der Waals surface area contributed by atoms with Crippen molar-refractivity contribution in [1.29, 1.82) is 0 Å². The van der Waals surface area contributed by atoms with E-state index in [0.717, 1.165) is 24.8 Å². The molecule has 1 heterocycles. The summed E-state index contributed by atoms with van der Waals surface area (Å²) in [5.41, 5.74) is 1.69. The minimum absolute atomic E-state index is 0.0270. The molecule has 0 aromatic heterocycles. The fourth-order valence-corrected chi connectivity index (χ4v) is 2.59. The van der Waals surface area contributed by atoms with Crippen molar-refractivity contribution in [2.75, 3.05) is 6.54 Å². The van der Waals surface area contributed by atoms with Gasteiger partial charge in [0.25, 0.3) is 0 Å². The lowest BCUT2D eigenvalue weighted by molar-refractivity contribution is -0.164. The predicted molar refractivity (Wildman–Crippen MR) is 74.3 cm³/mol. The van der Waals surface area contributed by atoms with E-state index in [1.165, 1.54) is 6.92 Å². The van der Waals surface area contributed by atoms with Crippen LogP contribution in [0.4, 0.5) is 0 Å². The topological polar surface area (TPSA) is 46.6 Å². The van der Waals surface area contributed by atoms with Gasteiger partial charge in [-0.25, -0.2) is 4.79 Å². The van der Waals surface area contributed by atoms with Crippen LogP contribution in [0.5, 0.6) is 0 Å². The molecule has 0 bridgehead atoms. The van der Waals surface area contributed by atoms with Gasteiger partial charge in [-0.15, -0.1) is 0 Å². The maximum absolute atomic E-state index is 12.2. The third-order valence-electron chi connectivity index (χ3n) is 3.43. The highest BCUT2D eigenvalue weighted by molar-refractivity contribution is 5.90. The molecule has 1 saturated heterocycles. The van der Waals surface area contributed by atoms with E-state index in [1.54, 1.807) is 4.90 Å². The fourth-order valence-electron chi connectivity index (χ4n) is 2.59. The Morgan fingerprint density at radius 2 is 1.79 bits per heavy atom. The molecule has 1 unspecified atom stereocenters. The number of hydrogen-bond acceptors (Lipinski definition) is 3. The van der Waals surface area contributed by atoms with Gasteiger partial charge in [0.15, 0.2) is 6.23 Å². The van der Waals surface area contributed by atoms with E-state index < -0.39 is 6.23 Å². The van der Waals surface area contributed by atoms with Gasteiger partial charge < -0.3 is 9.64 Å². The van der Waals surface area contributed by atoms with Crippen LogP contribution in [-0.4, -0.2) is 29.5 Å². The second-order valence-corrected chi connectivity index (χ2v) is 5.64. The summed E-state index contributed by atoms with van der Waals surface area (Å²) in [6, 6.07) is 0. The Bertz CT molecular complexity index is 381. The van der Waals surface area contributed by atoms with Crippen LogP contribution in [-0.2, 0) is 14.3 Å². The van der Waals surface area contributed by atoms with Crippen LogP contribution in [0.3, 0.4) is 0 Å². The summed E-state index contributed by atoms with van der Waals surface area (Å²) in [5, 5.41) is 0. The Labute approximate surface area is 115 Å². The molecule has 4 heteroatoms. The van der Waals surface area contributed by atoms with Crippen LogP contribution in [0, 0.1) is 5.92 Å². The molecular formula is C15H25NO3. The van der Waals surface area contributed by atoms with Gasteiger partial charge in [0, 0.05) is 25.5 Å². The minimum atomic E-state index is -0.396. The van der Waals surface area contributed by atoms with Gasteiger partial charge in [0.2, 0.25) is 5.91 Å². The van der Waals surface area contributed by atoms with Crippen molar-refractivity contribution in [3.05, 3.63) is 11.1 Å². The van der Waals surface area contributed by atoms with E-state index >= 15 is 0 Å². The molecule has 0 spiro atoms. The number of piperidine rings is 1. The van der Waals surface area contributed by atoms with Crippen molar-refractivity contribution < 1.29 is 14.3 Å². The number of amides is 1. The van der Waals surface area contributed by atoms with Gasteiger partial charge in [-0.1, -0.05) is 19.4 Å². The summed E-state index contributed by atoms with van der Waals surface area (Å²) in [6.45, 7) is 10.00. The van der Waals surface area contributed by atoms with Crippen molar-refractivity contribution in [1.82, 2.24) is 4.90 Å². The SMILES string of the molecule is CC(=O)N1CCCCC1OC(=O)C(=C(C)C)C(C)C. The molecule has 0 aromatic carbocycles. The lowest BCUT2D eigenvalue weighted by Crippen LogP contribution is -2.45. The van der Waals surface area contributed by atoms with Gasteiger partial charge in [0.05, 0.1) is 0 Å². The highest BCUT2D eigenvalue weighted by atomic mass is 16.6. The first-order valence-corrected chi connectivity index (χ1v) is 7.00. The predicted octanol–water partition coefficient (Wildman–Crippen LogP) is 2.88. The van der Waals surface area contributed by atoms with Crippen molar-refractivity contribution in [3.63, 3.8) is 0 Å². The number of allylic oxidation sites excluding steroid dienone is 1. The van der Waals surface area contributed by atoms with E-state index in [-0.39, 0.29) is 17.8 Å². The number of carbonyl (C=O) groups excluding carboxylic acids is 2. The van der Waals surface area contributed by atoms with Crippen LogP contribution >= 0.6 is 0 Å². The highest BCUT2D eigenvalue weighted by Gasteiger charge is 2.29. The molecule has 0 saturated carbocycles. The smallest absolute Gasteiger partial charge is 0.336 e. The number of ether oxygens (including phenoxy) is 1. The lowest BCUT2D eigenvalue weighted by atomic mass is 9.99. The maximum atomic E-state index is 12.2. The number of hydrogen-bond donors (Lipinski definition) is 0. The summed E-state index contributed by atoms with van der Waals surface area (Å²) >= 11 is 0. The highest BCUT2D eigenvalue weighted by Crippen LogP contribution is 2.22. The molecule has 1 amide bonds. The van der Waals surface area contributed by atoms with Crippen molar-refractivity contribution >= 4 is 11.9 Å². The van der Waals surface area contributed by atoms with Gasteiger partial charge >= 0.3 is 5.97 Å². The molecule has 1 aliphatic heterocycles. The zero-order valence-corrected chi connectivity index (χ0v) is 12.7. The summed E-state index contributed by atoms with van der Waals surface area (Å²) < 4.78 is 5.56. The number of rotatable bonds is 3. The van der Waals surface area contributed by atoms with E-state index in [4.69, 9.17) is 4.74 Å². The molecule has 0 aromatic rings. The molecular weight excluding hydrogens is 242 g/mol. The summed E-state index contributed by atoms with van der Waals surface area (Å²) in [5.74, 6) is -0.180. The normalized spacial score (nSPS) is 19.3. The molecule has 108 valence electrons. The maximum Gasteiger partial charge on any atom is 0.336 e. The first-order valence-electron chi connectivity index (χ1n) is 7.00. The third kappa shape index (κ3) is 4.08. The number of esters is 1. The second-order valence-electron chi connectivity index (χ2n) is 5.64. The van der Waals surface area contributed by atoms with Gasteiger partial charge in [-0.3, -0.25) is 4.79 Å². The number of nitrogens with zero attached hydrogens (tertiary/aromatic N) is 1. The first-order chi connectivity index (χ1) is 8.84. The first kappa shape index (κ1) is 15.7. The van der Waals surface area contributed by atoms with Crippen LogP contribution in [0.25, 0.3) is 0 Å². The van der Waals surface area contributed by atoms with Crippen LogP contribution < -0.4 is 0 Å². The number of carbonyl (C=O) groups is 2. The average Bonchev–Trinajstić information content (AvgIpc) is 2.27. The summed E-state index contributed by atoms with van der Waals surface area (Å²) in [4.78, 5) is 25.5. The molecule has 1 aliphatic rings. The van der Waals surface area contributed by atoms with Crippen LogP contribution in [0.2, 0.25) is 0 Å². The fraction of sp³-hybridized carbons (Fsp3) is 0.733. The summed E-state index contributed by atoms with van der Waals surface area (Å²) in [7, 11) is 0. The Hall–Kier alpha value is -1.32. The van der Waals surface area contributed by atoms with E-state index in [1.807, 2.05) is 27.7 Å². The second kappa shape index (κ2) is 6.73. The summed E-state index contributed by atoms with van der Waals surface area (Å²) in [6.07, 6.45) is 2.31. The van der Waals surface area contributed by atoms with E-state index in [2.05, 4.69) is 0 Å². The quantitative estimate of drug-likeness (QED) is 0.583. The zero-order valence-electron chi connectivity index (χ0n) is 12.7. The Morgan fingerprint density at radius 3 is 2.26 bits per heavy atom. The number of likely N-dealkylation sites (tertiary alicyclic amines) is 1. The average molecular weight is 267 g/mol. The van der Waals surface area contributed by atoms with Gasteiger partial charge in [0.1, 0.15) is 0 Å². The van der Waals surface area contributed by atoms with Crippen molar-refractivity contribution in [2.45, 2.75) is 60.1 Å². The Morgan fingerprint density at radius 1 is 1.16 bits per heavy atom. The monoisotopic (exact) mass is 267 g/mol. The molecule has 0 aliphatic carbocycles. The largest absolute Gasteiger partial charge is 0.438 e. The molecule has 0 N–H and O–H groups in total. The van der Waals surface area contributed by atoms with Crippen molar-refractivity contribution in [3.8, 4) is 0 Å². The lowest BCUT2D eigenvalue weighted by Gasteiger charge is -2.34. The van der Waals surface area contributed by atoms with Crippen LogP contribution in [0.1, 0.15) is 53.9 Å². The van der Waals surface area contributed by atoms with E-state index in [9.17, 15) is 9.59 Å². The minimum Gasteiger partial charge on any atom is -0.438 e.